The van der Waals surface area contributed by atoms with E-state index >= 15 is 0 Å². The number of fused-ring (bicyclic) bond motifs is 12. The minimum atomic E-state index is -3.25. The van der Waals surface area contributed by atoms with Crippen molar-refractivity contribution in [2.45, 2.75) is 0 Å². The topological polar surface area (TPSA) is 97.1 Å². The van der Waals surface area contributed by atoms with E-state index in [1.807, 2.05) is 72.8 Å². The number of nitrogens with zero attached hydrogens (tertiary/aromatic N) is 10. The molecule has 6 heterocycles. The molecule has 107 heavy (non-hydrogen) atoms. The van der Waals surface area contributed by atoms with Crippen molar-refractivity contribution in [2.75, 3.05) is 0 Å². The van der Waals surface area contributed by atoms with E-state index in [4.69, 9.17) is 29.9 Å². The van der Waals surface area contributed by atoms with Crippen LogP contribution in [-0.4, -0.2) is 56.2 Å². The normalized spacial score (nSPS) is 11.9. The molecule has 10 nitrogen and oxygen atoms in total. The van der Waals surface area contributed by atoms with E-state index in [1.54, 1.807) is 0 Å². The second-order valence-electron chi connectivity index (χ2n) is 27.3. The molecule has 0 spiro atoms. The number of para-hydroxylation sites is 4. The Bertz CT molecular complexity index is 6850. The van der Waals surface area contributed by atoms with Crippen LogP contribution in [0, 0.1) is 0 Å². The number of rotatable bonds is 13. The number of hydrogen-bond acceptors (Lipinski definition) is 6. The molecular weight excluding hydrogens is 1320 g/mol. The van der Waals surface area contributed by atoms with Gasteiger partial charge < -0.3 is 9.13 Å². The van der Waals surface area contributed by atoms with Gasteiger partial charge in [-0.1, -0.05) is 315 Å². The maximum atomic E-state index is 5.47. The molecule has 6 aromatic heterocycles. The van der Waals surface area contributed by atoms with Gasteiger partial charge in [-0.05, 0) is 92.5 Å². The highest BCUT2D eigenvalue weighted by atomic mass is 28.3. The monoisotopic (exact) mass is 1380 g/mol. The summed E-state index contributed by atoms with van der Waals surface area (Å²) in [6.45, 7) is 0. The van der Waals surface area contributed by atoms with Gasteiger partial charge in [-0.2, -0.15) is 19.9 Å². The van der Waals surface area contributed by atoms with E-state index in [-0.39, 0.29) is 0 Å². The summed E-state index contributed by atoms with van der Waals surface area (Å²) in [6, 6.07) is 135. The highest BCUT2D eigenvalue weighted by molar-refractivity contribution is 7.20. The van der Waals surface area contributed by atoms with Crippen molar-refractivity contribution in [2.24, 2.45) is 0 Å². The van der Waals surface area contributed by atoms with Gasteiger partial charge in [-0.25, -0.2) is 9.97 Å². The summed E-state index contributed by atoms with van der Waals surface area (Å²) in [5.41, 5.74) is 16.3. The third-order valence-corrected chi connectivity index (χ3v) is 26.2. The predicted octanol–water partition coefficient (Wildman–Crippen LogP) is 20.2. The second-order valence-corrected chi connectivity index (χ2v) is 31.1. The molecule has 0 bridgehead atoms. The Hall–Kier alpha value is -14.3. The minimum Gasteiger partial charge on any atom is -0.309 e. The summed E-state index contributed by atoms with van der Waals surface area (Å²) in [4.78, 5) is 31.8. The maximum absolute atomic E-state index is 5.47. The van der Waals surface area contributed by atoms with Crippen molar-refractivity contribution in [3.63, 3.8) is 0 Å². The molecule has 15 aromatic carbocycles. The SMILES string of the molecule is c1ccc(-c2nc(-c3ccccc3)nc(-n3c4ccccc4c4cc([Si](c5ccccc5)(c5ccccc5)c5cccc(-c6cccc7c6c6ccccc6n7-c6ccc7c8ccc(-n9c%10ccccc%10c%10ccccc%109)cc8n(-c8nc(-c9ccccc9)nc(-c9ccccc9)n8)c7c6)c5)ccc43)n2)cc1. The van der Waals surface area contributed by atoms with Crippen LogP contribution < -0.4 is 20.7 Å². The lowest BCUT2D eigenvalue weighted by Crippen LogP contribution is -2.74. The van der Waals surface area contributed by atoms with Crippen molar-refractivity contribution in [1.82, 2.24) is 48.2 Å². The molecule has 0 radical (unpaired) electrons. The molecule has 0 aliphatic rings. The Morgan fingerprint density at radius 1 is 0.187 bits per heavy atom. The largest absolute Gasteiger partial charge is 0.309 e. The summed E-state index contributed by atoms with van der Waals surface area (Å²) < 4.78 is 9.32. The van der Waals surface area contributed by atoms with Crippen molar-refractivity contribution < 1.29 is 0 Å². The number of hydrogen-bond donors (Lipinski definition) is 0. The Morgan fingerprint density at radius 2 is 0.514 bits per heavy atom. The molecule has 500 valence electrons. The molecule has 0 atom stereocenters. The summed E-state index contributed by atoms with van der Waals surface area (Å²) in [5.74, 6) is 3.46. The molecule has 0 aliphatic heterocycles. The van der Waals surface area contributed by atoms with Gasteiger partial charge in [0, 0.05) is 76.7 Å². The Labute approximate surface area is 616 Å². The molecule has 11 heteroatoms. The molecule has 21 rings (SSSR count). The van der Waals surface area contributed by atoms with E-state index in [1.165, 1.54) is 36.9 Å². The highest BCUT2D eigenvalue weighted by Gasteiger charge is 2.42. The summed E-state index contributed by atoms with van der Waals surface area (Å²) in [7, 11) is -3.25. The third-order valence-electron chi connectivity index (χ3n) is 21.4. The lowest BCUT2D eigenvalue weighted by atomic mass is 9.99. The van der Waals surface area contributed by atoms with Crippen LogP contribution in [0.1, 0.15) is 0 Å². The fourth-order valence-electron chi connectivity index (χ4n) is 16.7. The lowest BCUT2D eigenvalue weighted by molar-refractivity contribution is 0.952. The first kappa shape index (κ1) is 61.4. The molecule has 0 N–H and O–H groups in total. The van der Waals surface area contributed by atoms with Gasteiger partial charge in [-0.3, -0.25) is 9.13 Å². The minimum absolute atomic E-state index is 0.519. The van der Waals surface area contributed by atoms with E-state index in [9.17, 15) is 0 Å². The average Bonchev–Trinajstić information content (AvgIpc) is 1.64. The first-order chi connectivity index (χ1) is 53.1. The molecule has 0 saturated carbocycles. The van der Waals surface area contributed by atoms with Crippen molar-refractivity contribution >= 4 is 116 Å². The number of benzene rings is 15. The molecule has 21 aromatic rings. The molecule has 0 fully saturated rings. The van der Waals surface area contributed by atoms with Crippen LogP contribution in [0.5, 0.6) is 0 Å². The van der Waals surface area contributed by atoms with Crippen LogP contribution in [-0.2, 0) is 0 Å². The van der Waals surface area contributed by atoms with Gasteiger partial charge in [0.15, 0.2) is 31.4 Å². The van der Waals surface area contributed by atoms with Crippen LogP contribution >= 0.6 is 0 Å². The average molecular weight is 1380 g/mol. The predicted molar refractivity (Wildman–Crippen MR) is 441 cm³/mol. The van der Waals surface area contributed by atoms with Gasteiger partial charge in [-0.15, -0.1) is 0 Å². The van der Waals surface area contributed by atoms with E-state index < -0.39 is 8.07 Å². The van der Waals surface area contributed by atoms with Gasteiger partial charge in [0.1, 0.15) is 0 Å². The first-order valence-electron chi connectivity index (χ1n) is 36.2. The zero-order valence-electron chi connectivity index (χ0n) is 57.8. The summed E-state index contributed by atoms with van der Waals surface area (Å²) in [6.07, 6.45) is 0. The maximum Gasteiger partial charge on any atom is 0.238 e. The van der Waals surface area contributed by atoms with Gasteiger partial charge in [0.2, 0.25) is 11.9 Å². The van der Waals surface area contributed by atoms with Crippen LogP contribution in [0.3, 0.4) is 0 Å². The van der Waals surface area contributed by atoms with Gasteiger partial charge in [0.25, 0.3) is 0 Å². The lowest BCUT2D eigenvalue weighted by Gasteiger charge is -2.35. The van der Waals surface area contributed by atoms with E-state index in [0.29, 0.717) is 35.2 Å². The fraction of sp³-hybridized carbons (Fsp3) is 0. The zero-order chi connectivity index (χ0) is 70.5. The third kappa shape index (κ3) is 9.93. The highest BCUT2D eigenvalue weighted by Crippen LogP contribution is 2.43. The molecule has 0 saturated heterocycles. The molecule has 0 aliphatic carbocycles. The van der Waals surface area contributed by atoms with Crippen LogP contribution in [0.4, 0.5) is 0 Å². The fourth-order valence-corrected chi connectivity index (χ4v) is 21.5. The van der Waals surface area contributed by atoms with Gasteiger partial charge >= 0.3 is 0 Å². The smallest absolute Gasteiger partial charge is 0.238 e. The Kier molecular flexibility index (Phi) is 14.4. The zero-order valence-corrected chi connectivity index (χ0v) is 58.8. The van der Waals surface area contributed by atoms with Crippen molar-refractivity contribution in [1.29, 1.82) is 0 Å². The summed E-state index contributed by atoms with van der Waals surface area (Å²) >= 11 is 0. The van der Waals surface area contributed by atoms with Gasteiger partial charge in [0.05, 0.1) is 44.1 Å². The van der Waals surface area contributed by atoms with E-state index in [0.717, 1.165) is 116 Å². The van der Waals surface area contributed by atoms with Crippen molar-refractivity contribution in [3.05, 3.63) is 376 Å². The second kappa shape index (κ2) is 25.0. The quantitative estimate of drug-likeness (QED) is 0.0843. The molecular formula is C96H62N10Si. The van der Waals surface area contributed by atoms with Crippen LogP contribution in [0.15, 0.2) is 376 Å². The Morgan fingerprint density at radius 3 is 0.991 bits per heavy atom. The first-order valence-corrected chi connectivity index (χ1v) is 38.2. The number of aromatic nitrogens is 10. The van der Waals surface area contributed by atoms with Crippen LogP contribution in [0.2, 0.25) is 0 Å². The standard InChI is InChI=1S/C96H62N10Si/c1-7-29-63(30-8-1)91-97-92(64-31-9-2-10-32-64)100-95(99-91)105-84-50-25-21-45-77(84)81-62-73(55-58-86(81)105)107(70-38-15-5-16-39-70,71-40-17-6-18-41-71)72-42-27-37-67(59-72)74-47-28-52-87-90(74)80-46-22-26-51-85(80)104(87)69-54-57-79-78-56-53-68(103-82-48-23-19-43-75(82)76-44-20-24-49-83(76)103)60-88(78)106(89(79)61-69)96-101-93(65-33-11-3-12-34-65)98-94(102-96)66-35-13-4-14-36-66/h1-62H. The Balaban J connectivity index is 0.763. The summed E-state index contributed by atoms with van der Waals surface area (Å²) in [5, 5.41) is 14.2. The van der Waals surface area contributed by atoms with E-state index in [2.05, 4.69) is 322 Å². The van der Waals surface area contributed by atoms with Crippen LogP contribution in [0.25, 0.3) is 167 Å². The molecule has 0 unspecified atom stereocenters. The van der Waals surface area contributed by atoms with Crippen molar-refractivity contribution in [3.8, 4) is 79.9 Å². The molecule has 0 amide bonds.